The van der Waals surface area contributed by atoms with E-state index in [1.807, 2.05) is 17.5 Å². The van der Waals surface area contributed by atoms with Gasteiger partial charge in [-0.1, -0.05) is 32.3 Å². The maximum atomic E-state index is 11.3. The highest BCUT2D eigenvalue weighted by molar-refractivity contribution is 7.09. The molecule has 3 nitrogen and oxygen atoms in total. The monoisotopic (exact) mass is 255 g/mol. The van der Waals surface area contributed by atoms with E-state index in [0.29, 0.717) is 13.0 Å². The number of nitrogens with one attached hydrogen (secondary N) is 1. The zero-order valence-corrected chi connectivity index (χ0v) is 11.3. The maximum absolute atomic E-state index is 11.3. The van der Waals surface area contributed by atoms with Crippen LogP contribution in [0.25, 0.3) is 0 Å². The van der Waals surface area contributed by atoms with Crippen molar-refractivity contribution >= 4 is 17.3 Å². The summed E-state index contributed by atoms with van der Waals surface area (Å²) in [5.74, 6) is -0.759. The third-order valence-electron chi connectivity index (χ3n) is 2.99. The Morgan fingerprint density at radius 3 is 2.82 bits per heavy atom. The minimum absolute atomic E-state index is 0.632. The molecular formula is C13H21NO2S. The Labute approximate surface area is 107 Å². The fourth-order valence-electron chi connectivity index (χ4n) is 1.69. The van der Waals surface area contributed by atoms with Crippen molar-refractivity contribution in [3.63, 3.8) is 0 Å². The van der Waals surface area contributed by atoms with Crippen molar-refractivity contribution in [2.75, 3.05) is 0 Å². The van der Waals surface area contributed by atoms with Crippen LogP contribution in [0.5, 0.6) is 0 Å². The lowest BCUT2D eigenvalue weighted by molar-refractivity contribution is -0.144. The Morgan fingerprint density at radius 2 is 2.29 bits per heavy atom. The van der Waals surface area contributed by atoms with E-state index in [9.17, 15) is 9.90 Å². The van der Waals surface area contributed by atoms with E-state index in [1.165, 1.54) is 4.88 Å². The van der Waals surface area contributed by atoms with Crippen molar-refractivity contribution in [1.29, 1.82) is 0 Å². The van der Waals surface area contributed by atoms with Crippen LogP contribution in [0.3, 0.4) is 0 Å². The van der Waals surface area contributed by atoms with Gasteiger partial charge in [0.1, 0.15) is 5.54 Å². The molecular weight excluding hydrogens is 234 g/mol. The molecule has 1 rings (SSSR count). The highest BCUT2D eigenvalue weighted by Crippen LogP contribution is 2.17. The number of hydrogen-bond acceptors (Lipinski definition) is 3. The van der Waals surface area contributed by atoms with Crippen molar-refractivity contribution in [3.05, 3.63) is 22.4 Å². The Morgan fingerprint density at radius 1 is 1.53 bits per heavy atom. The van der Waals surface area contributed by atoms with Crippen LogP contribution >= 0.6 is 11.3 Å². The Balaban J connectivity index is 2.49. The van der Waals surface area contributed by atoms with Crippen molar-refractivity contribution in [3.8, 4) is 0 Å². The van der Waals surface area contributed by atoms with E-state index in [2.05, 4.69) is 12.2 Å². The van der Waals surface area contributed by atoms with Crippen LogP contribution in [0.15, 0.2) is 17.5 Å². The molecule has 0 saturated carbocycles. The van der Waals surface area contributed by atoms with Crippen molar-refractivity contribution in [2.24, 2.45) is 0 Å². The molecule has 2 N–H and O–H groups in total. The van der Waals surface area contributed by atoms with Crippen LogP contribution in [0.1, 0.15) is 44.4 Å². The Kier molecular flexibility index (Phi) is 5.65. The van der Waals surface area contributed by atoms with Crippen molar-refractivity contribution in [2.45, 2.75) is 51.6 Å². The van der Waals surface area contributed by atoms with E-state index in [4.69, 9.17) is 0 Å². The lowest BCUT2D eigenvalue weighted by Crippen LogP contribution is -2.48. The second kappa shape index (κ2) is 6.77. The summed E-state index contributed by atoms with van der Waals surface area (Å²) in [6.07, 6.45) is 3.84. The molecule has 0 bridgehead atoms. The maximum Gasteiger partial charge on any atom is 0.323 e. The molecule has 0 spiro atoms. The van der Waals surface area contributed by atoms with Crippen LogP contribution in [0.2, 0.25) is 0 Å². The zero-order chi connectivity index (χ0) is 12.7. The van der Waals surface area contributed by atoms with Gasteiger partial charge >= 0.3 is 5.97 Å². The predicted molar refractivity (Wildman–Crippen MR) is 71.3 cm³/mol. The topological polar surface area (TPSA) is 49.3 Å². The molecule has 1 aromatic heterocycles. The third kappa shape index (κ3) is 4.48. The van der Waals surface area contributed by atoms with Gasteiger partial charge < -0.3 is 5.11 Å². The fourth-order valence-corrected chi connectivity index (χ4v) is 2.34. The number of carboxylic acids is 1. The van der Waals surface area contributed by atoms with E-state index in [-0.39, 0.29) is 0 Å². The number of thiophene rings is 1. The van der Waals surface area contributed by atoms with Gasteiger partial charge in [-0.25, -0.2) is 0 Å². The van der Waals surface area contributed by atoms with E-state index >= 15 is 0 Å². The highest BCUT2D eigenvalue weighted by Gasteiger charge is 2.31. The van der Waals surface area contributed by atoms with Gasteiger partial charge in [-0.05, 0) is 24.8 Å². The van der Waals surface area contributed by atoms with Crippen LogP contribution in [-0.4, -0.2) is 16.6 Å². The summed E-state index contributed by atoms with van der Waals surface area (Å²) in [7, 11) is 0. The van der Waals surface area contributed by atoms with Crippen LogP contribution in [0, 0.1) is 0 Å². The molecule has 0 aliphatic heterocycles. The van der Waals surface area contributed by atoms with Crippen molar-refractivity contribution in [1.82, 2.24) is 5.32 Å². The summed E-state index contributed by atoms with van der Waals surface area (Å²) in [5, 5.41) is 14.5. The third-order valence-corrected chi connectivity index (χ3v) is 3.86. The lowest BCUT2D eigenvalue weighted by atomic mass is 9.94. The van der Waals surface area contributed by atoms with Gasteiger partial charge in [0.25, 0.3) is 0 Å². The quantitative estimate of drug-likeness (QED) is 0.701. The fraction of sp³-hybridized carbons (Fsp3) is 0.615. The Bertz CT molecular complexity index is 337. The first-order valence-corrected chi connectivity index (χ1v) is 6.97. The molecule has 0 aliphatic rings. The van der Waals surface area contributed by atoms with Gasteiger partial charge in [-0.3, -0.25) is 10.1 Å². The standard InChI is InChI=1S/C13H21NO2S/c1-3-4-5-8-13(2,12(15)16)14-10-11-7-6-9-17-11/h6-7,9,14H,3-5,8,10H2,1-2H3,(H,15,16). The van der Waals surface area contributed by atoms with E-state index in [0.717, 1.165) is 19.3 Å². The predicted octanol–water partition coefficient (Wildman–Crippen LogP) is 3.26. The summed E-state index contributed by atoms with van der Waals surface area (Å²) in [6, 6.07) is 4.00. The first kappa shape index (κ1) is 14.2. The minimum atomic E-state index is -0.806. The van der Waals surface area contributed by atoms with Crippen LogP contribution < -0.4 is 5.32 Å². The normalized spacial score (nSPS) is 14.5. The average Bonchev–Trinajstić information content (AvgIpc) is 2.79. The lowest BCUT2D eigenvalue weighted by Gasteiger charge is -2.26. The van der Waals surface area contributed by atoms with Crippen molar-refractivity contribution < 1.29 is 9.90 Å². The molecule has 0 aliphatic carbocycles. The van der Waals surface area contributed by atoms with Gasteiger partial charge in [-0.2, -0.15) is 0 Å². The molecule has 96 valence electrons. The summed E-state index contributed by atoms with van der Waals surface area (Å²) in [5.41, 5.74) is -0.806. The molecule has 1 aromatic rings. The smallest absolute Gasteiger partial charge is 0.323 e. The second-order valence-electron chi connectivity index (χ2n) is 4.53. The van der Waals surface area contributed by atoms with Gasteiger partial charge in [-0.15, -0.1) is 11.3 Å². The number of carboxylic acid groups (broad SMARTS) is 1. The number of hydrogen-bond donors (Lipinski definition) is 2. The van der Waals surface area contributed by atoms with Gasteiger partial charge in [0.15, 0.2) is 0 Å². The molecule has 17 heavy (non-hydrogen) atoms. The Hall–Kier alpha value is -0.870. The number of unbranched alkanes of at least 4 members (excludes halogenated alkanes) is 2. The molecule has 1 heterocycles. The zero-order valence-electron chi connectivity index (χ0n) is 10.5. The minimum Gasteiger partial charge on any atom is -0.480 e. The first-order chi connectivity index (χ1) is 8.08. The molecule has 1 atom stereocenters. The largest absolute Gasteiger partial charge is 0.480 e. The molecule has 0 amide bonds. The SMILES string of the molecule is CCCCCC(C)(NCc1cccs1)C(=O)O. The summed E-state index contributed by atoms with van der Waals surface area (Å²) < 4.78 is 0. The summed E-state index contributed by atoms with van der Waals surface area (Å²) in [6.45, 7) is 4.53. The number of aliphatic carboxylic acids is 1. The highest BCUT2D eigenvalue weighted by atomic mass is 32.1. The van der Waals surface area contributed by atoms with Gasteiger partial charge in [0.2, 0.25) is 0 Å². The molecule has 0 saturated heterocycles. The number of carbonyl (C=O) groups is 1. The van der Waals surface area contributed by atoms with Gasteiger partial charge in [0, 0.05) is 11.4 Å². The first-order valence-electron chi connectivity index (χ1n) is 6.09. The van der Waals surface area contributed by atoms with Crippen LogP contribution in [-0.2, 0) is 11.3 Å². The molecule has 4 heteroatoms. The average molecular weight is 255 g/mol. The van der Waals surface area contributed by atoms with E-state index < -0.39 is 11.5 Å². The molecule has 1 unspecified atom stereocenters. The second-order valence-corrected chi connectivity index (χ2v) is 5.56. The van der Waals surface area contributed by atoms with Gasteiger partial charge in [0.05, 0.1) is 0 Å². The molecule has 0 radical (unpaired) electrons. The summed E-state index contributed by atoms with van der Waals surface area (Å²) >= 11 is 1.65. The molecule has 0 fully saturated rings. The summed E-state index contributed by atoms with van der Waals surface area (Å²) in [4.78, 5) is 12.5. The van der Waals surface area contributed by atoms with E-state index in [1.54, 1.807) is 18.3 Å². The van der Waals surface area contributed by atoms with Crippen LogP contribution in [0.4, 0.5) is 0 Å². The molecule has 0 aromatic carbocycles. The number of rotatable bonds is 8.